The number of ether oxygens (including phenoxy) is 1. The van der Waals surface area contributed by atoms with Crippen molar-refractivity contribution in [2.75, 3.05) is 31.1 Å². The highest BCUT2D eigenvalue weighted by atomic mass is 16.6. The Morgan fingerprint density at radius 1 is 0.900 bits per heavy atom. The van der Waals surface area contributed by atoms with E-state index in [0.29, 0.717) is 25.1 Å². The van der Waals surface area contributed by atoms with Crippen molar-refractivity contribution in [1.82, 2.24) is 4.90 Å². The van der Waals surface area contributed by atoms with E-state index in [0.717, 1.165) is 37.1 Å². The second kappa shape index (κ2) is 6.34. The molecule has 1 saturated carbocycles. The molecule has 0 N–H and O–H groups in total. The van der Waals surface area contributed by atoms with Crippen molar-refractivity contribution in [3.05, 3.63) is 65.2 Å². The zero-order valence-corrected chi connectivity index (χ0v) is 17.1. The van der Waals surface area contributed by atoms with Gasteiger partial charge in [0.2, 0.25) is 5.91 Å². The highest BCUT2D eigenvalue weighted by Gasteiger charge is 2.57. The number of fused-ring (bicyclic) bond motifs is 2. The molecule has 5 heteroatoms. The van der Waals surface area contributed by atoms with Crippen molar-refractivity contribution in [3.63, 3.8) is 0 Å². The molecule has 4 aliphatic rings. The summed E-state index contributed by atoms with van der Waals surface area (Å²) in [4.78, 5) is 30.3. The molecule has 1 spiro atoms. The first-order chi connectivity index (χ1) is 14.6. The van der Waals surface area contributed by atoms with Crippen molar-refractivity contribution in [2.24, 2.45) is 0 Å². The monoisotopic (exact) mass is 402 g/mol. The number of nitrogens with zero attached hydrogens (tertiary/aromatic N) is 2. The first-order valence-corrected chi connectivity index (χ1v) is 11.1. The predicted octanol–water partition coefficient (Wildman–Crippen LogP) is 3.62. The Morgan fingerprint density at radius 3 is 2.37 bits per heavy atom. The third-order valence-corrected chi connectivity index (χ3v) is 7.50. The number of hydrogen-bond donors (Lipinski definition) is 0. The summed E-state index contributed by atoms with van der Waals surface area (Å²) in [5, 5.41) is 0. The fraction of sp³-hybridized carbons (Fsp3) is 0.440. The number of hydrogen-bond acceptors (Lipinski definition) is 4. The maximum Gasteiger partial charge on any atom is 0.339 e. The number of benzene rings is 2. The van der Waals surface area contributed by atoms with Crippen LogP contribution in [0.3, 0.4) is 0 Å². The normalized spacial score (nSPS) is 26.2. The van der Waals surface area contributed by atoms with E-state index in [1.54, 1.807) is 0 Å². The van der Waals surface area contributed by atoms with E-state index in [4.69, 9.17) is 4.74 Å². The zero-order chi connectivity index (χ0) is 20.3. The molecule has 6 rings (SSSR count). The van der Waals surface area contributed by atoms with Gasteiger partial charge >= 0.3 is 5.97 Å². The molecule has 1 atom stereocenters. The van der Waals surface area contributed by atoms with E-state index in [9.17, 15) is 9.59 Å². The van der Waals surface area contributed by atoms with Crippen LogP contribution >= 0.6 is 0 Å². The van der Waals surface area contributed by atoms with Crippen LogP contribution in [-0.4, -0.2) is 43.0 Å². The lowest BCUT2D eigenvalue weighted by atomic mass is 9.91. The molecule has 3 fully saturated rings. The quantitative estimate of drug-likeness (QED) is 0.736. The van der Waals surface area contributed by atoms with Gasteiger partial charge in [-0.1, -0.05) is 30.3 Å². The molecular weight excluding hydrogens is 376 g/mol. The molecule has 1 aliphatic carbocycles. The van der Waals surface area contributed by atoms with E-state index in [1.807, 2.05) is 29.2 Å². The minimum absolute atomic E-state index is 0.189. The average Bonchev–Trinajstić information content (AvgIpc) is 3.13. The first-order valence-electron chi connectivity index (χ1n) is 11.1. The minimum Gasteiger partial charge on any atom is -0.449 e. The SMILES string of the molecule is O=C1O[C@]2(CCN(C(=O)C3(c4ccc(N5CCCC5)cc4)CC3)C2)c2ccccc21. The van der Waals surface area contributed by atoms with E-state index in [2.05, 4.69) is 29.2 Å². The van der Waals surface area contributed by atoms with Gasteiger partial charge < -0.3 is 14.5 Å². The third kappa shape index (κ3) is 2.54. The summed E-state index contributed by atoms with van der Waals surface area (Å²) in [7, 11) is 0. The van der Waals surface area contributed by atoms with E-state index in [1.165, 1.54) is 18.5 Å². The molecule has 1 amide bonds. The Balaban J connectivity index is 1.23. The van der Waals surface area contributed by atoms with Crippen molar-refractivity contribution in [3.8, 4) is 0 Å². The molecule has 0 radical (unpaired) electrons. The first kappa shape index (κ1) is 18.0. The Hall–Kier alpha value is -2.82. The number of likely N-dealkylation sites (tertiary alicyclic amines) is 1. The van der Waals surface area contributed by atoms with Crippen LogP contribution in [0.4, 0.5) is 5.69 Å². The number of amides is 1. The van der Waals surface area contributed by atoms with Gasteiger partial charge in [-0.15, -0.1) is 0 Å². The largest absolute Gasteiger partial charge is 0.449 e. The van der Waals surface area contributed by atoms with Gasteiger partial charge in [0.25, 0.3) is 0 Å². The average molecular weight is 402 g/mol. The van der Waals surface area contributed by atoms with Gasteiger partial charge in [-0.05, 0) is 49.4 Å². The Morgan fingerprint density at radius 2 is 1.63 bits per heavy atom. The Kier molecular flexibility index (Phi) is 3.80. The minimum atomic E-state index is -0.668. The Labute approximate surface area is 176 Å². The van der Waals surface area contributed by atoms with E-state index in [-0.39, 0.29) is 11.9 Å². The highest BCUT2D eigenvalue weighted by molar-refractivity contribution is 5.96. The van der Waals surface area contributed by atoms with Crippen LogP contribution in [0.2, 0.25) is 0 Å². The molecule has 2 saturated heterocycles. The number of carbonyl (C=O) groups excluding carboxylic acids is 2. The predicted molar refractivity (Wildman–Crippen MR) is 114 cm³/mol. The maximum absolute atomic E-state index is 13.6. The second-order valence-corrected chi connectivity index (χ2v) is 9.23. The Bertz CT molecular complexity index is 1020. The summed E-state index contributed by atoms with van der Waals surface area (Å²) in [5.41, 5.74) is 2.90. The van der Waals surface area contributed by atoms with Crippen molar-refractivity contribution >= 4 is 17.6 Å². The number of esters is 1. The van der Waals surface area contributed by atoms with Gasteiger partial charge in [0.05, 0.1) is 17.5 Å². The summed E-state index contributed by atoms with van der Waals surface area (Å²) < 4.78 is 5.83. The molecule has 3 aliphatic heterocycles. The molecule has 30 heavy (non-hydrogen) atoms. The van der Waals surface area contributed by atoms with Crippen LogP contribution < -0.4 is 4.90 Å². The number of anilines is 1. The fourth-order valence-electron chi connectivity index (χ4n) is 5.62. The standard InChI is InChI=1S/C25H26N2O3/c28-22-20-5-1-2-6-21(20)25(30-22)13-16-27(17-25)23(29)24(11-12-24)18-7-9-19(10-8-18)26-14-3-4-15-26/h1-2,5-10H,3-4,11-17H2/t25-/m0/s1. The smallest absolute Gasteiger partial charge is 0.339 e. The van der Waals surface area contributed by atoms with Crippen LogP contribution in [0.25, 0.3) is 0 Å². The lowest BCUT2D eigenvalue weighted by Crippen LogP contribution is -2.40. The van der Waals surface area contributed by atoms with Crippen molar-refractivity contribution < 1.29 is 14.3 Å². The molecule has 0 aromatic heterocycles. The molecule has 0 unspecified atom stereocenters. The van der Waals surface area contributed by atoms with Gasteiger partial charge in [-0.25, -0.2) is 4.79 Å². The van der Waals surface area contributed by atoms with Gasteiger partial charge in [-0.3, -0.25) is 4.79 Å². The van der Waals surface area contributed by atoms with Crippen LogP contribution in [0, 0.1) is 0 Å². The summed E-state index contributed by atoms with van der Waals surface area (Å²) in [6.45, 7) is 3.34. The van der Waals surface area contributed by atoms with Crippen molar-refractivity contribution in [1.29, 1.82) is 0 Å². The van der Waals surface area contributed by atoms with Gasteiger partial charge in [-0.2, -0.15) is 0 Å². The lowest BCUT2D eigenvalue weighted by Gasteiger charge is -2.27. The molecule has 2 aromatic carbocycles. The summed E-state index contributed by atoms with van der Waals surface area (Å²) in [5.74, 6) is -0.0766. The summed E-state index contributed by atoms with van der Waals surface area (Å²) >= 11 is 0. The zero-order valence-electron chi connectivity index (χ0n) is 17.1. The van der Waals surface area contributed by atoms with Crippen LogP contribution in [0.5, 0.6) is 0 Å². The highest BCUT2D eigenvalue weighted by Crippen LogP contribution is 2.52. The van der Waals surface area contributed by atoms with Gasteiger partial charge in [0, 0.05) is 37.3 Å². The van der Waals surface area contributed by atoms with Crippen molar-refractivity contribution in [2.45, 2.75) is 43.1 Å². The van der Waals surface area contributed by atoms with Gasteiger partial charge in [0.15, 0.2) is 5.60 Å². The lowest BCUT2D eigenvalue weighted by molar-refractivity contribution is -0.134. The fourth-order valence-corrected chi connectivity index (χ4v) is 5.62. The summed E-state index contributed by atoms with van der Waals surface area (Å²) in [6.07, 6.45) is 4.98. The molecule has 3 heterocycles. The molecule has 5 nitrogen and oxygen atoms in total. The second-order valence-electron chi connectivity index (χ2n) is 9.23. The van der Waals surface area contributed by atoms with Crippen LogP contribution in [0.15, 0.2) is 48.5 Å². The van der Waals surface area contributed by atoms with Crippen LogP contribution in [-0.2, 0) is 20.5 Å². The number of rotatable bonds is 3. The molecule has 0 bridgehead atoms. The maximum atomic E-state index is 13.6. The van der Waals surface area contributed by atoms with E-state index < -0.39 is 11.0 Å². The molecule has 2 aromatic rings. The molecule has 154 valence electrons. The van der Waals surface area contributed by atoms with Crippen LogP contribution in [0.1, 0.15) is 53.6 Å². The summed E-state index contributed by atoms with van der Waals surface area (Å²) in [6, 6.07) is 16.2. The number of carbonyl (C=O) groups is 2. The molecular formula is C25H26N2O3. The van der Waals surface area contributed by atoms with E-state index >= 15 is 0 Å². The topological polar surface area (TPSA) is 49.9 Å². The van der Waals surface area contributed by atoms with Gasteiger partial charge in [0.1, 0.15) is 0 Å². The third-order valence-electron chi connectivity index (χ3n) is 7.50.